The molecule has 1 aliphatic heterocycles. The number of nitrogens with two attached hydrogens (primary N) is 1. The van der Waals surface area contributed by atoms with E-state index in [0.717, 1.165) is 5.56 Å². The van der Waals surface area contributed by atoms with E-state index in [0.29, 0.717) is 22.1 Å². The van der Waals surface area contributed by atoms with E-state index >= 15 is 0 Å². The van der Waals surface area contributed by atoms with Gasteiger partial charge in [0, 0.05) is 49.0 Å². The van der Waals surface area contributed by atoms with Crippen LogP contribution in [0.3, 0.4) is 0 Å². The number of carboxylic acid groups (broad SMARTS) is 1. The van der Waals surface area contributed by atoms with Gasteiger partial charge in [-0.3, -0.25) is 4.79 Å². The predicted octanol–water partition coefficient (Wildman–Crippen LogP) is 3.15. The minimum absolute atomic E-state index is 0. The number of rotatable bonds is 2. The molecular weight excluding hydrogens is 379 g/mol. The van der Waals surface area contributed by atoms with Gasteiger partial charge in [-0.25, -0.2) is 0 Å². The molecule has 0 aliphatic carbocycles. The first kappa shape index (κ1) is 17.4. The first-order chi connectivity index (χ1) is 10.1. The molecule has 0 amide bonds. The topological polar surface area (TPSA) is 72.5 Å². The minimum Gasteiger partial charge on any atom is -0.482 e. The number of carbonyl (C=O) groups is 1. The van der Waals surface area contributed by atoms with E-state index in [1.54, 1.807) is 36.4 Å². The van der Waals surface area contributed by atoms with Crippen molar-refractivity contribution in [1.82, 2.24) is 0 Å². The summed E-state index contributed by atoms with van der Waals surface area (Å²) >= 11 is 6.02. The van der Waals surface area contributed by atoms with Crippen LogP contribution in [-0.4, -0.2) is 17.6 Å². The van der Waals surface area contributed by atoms with Gasteiger partial charge < -0.3 is 15.6 Å². The van der Waals surface area contributed by atoms with E-state index in [2.05, 4.69) is 6.07 Å². The molecule has 2 aromatic rings. The number of hydrogen-bond acceptors (Lipinski definition) is 3. The third-order valence-corrected chi connectivity index (χ3v) is 3.94. The normalized spacial score (nSPS) is 19.0. The van der Waals surface area contributed by atoms with Crippen LogP contribution in [0, 0.1) is 6.07 Å². The Kier molecular flexibility index (Phi) is 5.62. The van der Waals surface area contributed by atoms with Crippen molar-refractivity contribution >= 4 is 17.6 Å². The Labute approximate surface area is 158 Å². The van der Waals surface area contributed by atoms with E-state index < -0.39 is 17.8 Å². The molecule has 4 nitrogen and oxygen atoms in total. The Bertz CT molecular complexity index is 708. The van der Waals surface area contributed by atoms with Gasteiger partial charge in [-0.05, 0) is 30.7 Å². The maximum atomic E-state index is 11.8. The van der Waals surface area contributed by atoms with Crippen molar-refractivity contribution in [2.45, 2.75) is 11.8 Å². The molecule has 0 bridgehead atoms. The summed E-state index contributed by atoms with van der Waals surface area (Å²) in [5, 5.41) is 10.1. The first-order valence-electron chi connectivity index (χ1n) is 6.52. The molecule has 0 unspecified atom stereocenters. The van der Waals surface area contributed by atoms with Crippen molar-refractivity contribution in [2.24, 2.45) is 5.73 Å². The molecule has 0 spiro atoms. The molecule has 2 aromatic carbocycles. The van der Waals surface area contributed by atoms with Crippen molar-refractivity contribution in [3.63, 3.8) is 0 Å². The molecule has 3 rings (SSSR count). The first-order valence-corrected chi connectivity index (χ1v) is 6.89. The fourth-order valence-electron chi connectivity index (χ4n) is 2.75. The molecule has 0 saturated carbocycles. The summed E-state index contributed by atoms with van der Waals surface area (Å²) in [5.41, 5.74) is 7.14. The molecule has 1 heterocycles. The zero-order valence-corrected chi connectivity index (χ0v) is 15.2. The van der Waals surface area contributed by atoms with Crippen LogP contribution in [0.25, 0.3) is 0 Å². The molecule has 1 aliphatic rings. The number of aliphatic carboxylic acids is 1. The second-order valence-electron chi connectivity index (χ2n) is 4.91. The third-order valence-electron chi connectivity index (χ3n) is 3.70. The van der Waals surface area contributed by atoms with Gasteiger partial charge in [0.25, 0.3) is 0 Å². The van der Waals surface area contributed by atoms with Gasteiger partial charge in [0.15, 0.2) is 0 Å². The molecule has 0 fully saturated rings. The SMILES string of the molecule is NC[C@@H]1c2c[c-]ccc2Oc2ccc(Cl)cc2[C@H]1C(=O)O.[Y]. The van der Waals surface area contributed by atoms with Crippen molar-refractivity contribution < 1.29 is 47.3 Å². The zero-order valence-electron chi connectivity index (χ0n) is 11.6. The predicted molar refractivity (Wildman–Crippen MR) is 79.0 cm³/mol. The number of benzene rings is 2. The van der Waals surface area contributed by atoms with Crippen LogP contribution in [-0.2, 0) is 37.5 Å². The summed E-state index contributed by atoms with van der Waals surface area (Å²) < 4.78 is 5.87. The monoisotopic (exact) mass is 391 g/mol. The maximum absolute atomic E-state index is 11.8. The van der Waals surface area contributed by atoms with Crippen LogP contribution < -0.4 is 10.5 Å². The Morgan fingerprint density at radius 2 is 2.05 bits per heavy atom. The smallest absolute Gasteiger partial charge is 0.310 e. The van der Waals surface area contributed by atoms with Crippen LogP contribution in [0.4, 0.5) is 0 Å². The van der Waals surface area contributed by atoms with Gasteiger partial charge in [0.2, 0.25) is 0 Å². The second kappa shape index (κ2) is 7.09. The molecule has 0 saturated heterocycles. The minimum atomic E-state index is -0.950. The average molecular weight is 392 g/mol. The Hall–Kier alpha value is -0.936. The molecule has 22 heavy (non-hydrogen) atoms. The number of hydrogen-bond donors (Lipinski definition) is 2. The van der Waals surface area contributed by atoms with Gasteiger partial charge in [-0.1, -0.05) is 11.6 Å². The van der Waals surface area contributed by atoms with Crippen LogP contribution >= 0.6 is 11.6 Å². The summed E-state index contributed by atoms with van der Waals surface area (Å²) in [6.45, 7) is 0.192. The van der Waals surface area contributed by atoms with E-state index in [1.165, 1.54) is 0 Å². The van der Waals surface area contributed by atoms with Gasteiger partial charge in [-0.2, -0.15) is 18.2 Å². The average Bonchev–Trinajstić information content (AvgIpc) is 2.60. The summed E-state index contributed by atoms with van der Waals surface area (Å²) in [7, 11) is 0. The summed E-state index contributed by atoms with van der Waals surface area (Å²) in [6, 6.07) is 13.2. The van der Waals surface area contributed by atoms with Crippen molar-refractivity contribution in [2.75, 3.05) is 6.54 Å². The van der Waals surface area contributed by atoms with Crippen molar-refractivity contribution in [3.8, 4) is 11.5 Å². The van der Waals surface area contributed by atoms with E-state index in [-0.39, 0.29) is 39.3 Å². The van der Waals surface area contributed by atoms with Crippen molar-refractivity contribution in [3.05, 3.63) is 58.6 Å². The van der Waals surface area contributed by atoms with Gasteiger partial charge in [0.1, 0.15) is 5.75 Å². The Morgan fingerprint density at radius 1 is 1.32 bits per heavy atom. The van der Waals surface area contributed by atoms with Gasteiger partial charge >= 0.3 is 5.97 Å². The van der Waals surface area contributed by atoms with Gasteiger partial charge in [0.05, 0.1) is 5.92 Å². The van der Waals surface area contributed by atoms with E-state index in [9.17, 15) is 9.90 Å². The van der Waals surface area contributed by atoms with Crippen LogP contribution in [0.15, 0.2) is 36.4 Å². The fourth-order valence-corrected chi connectivity index (χ4v) is 2.93. The largest absolute Gasteiger partial charge is 0.482 e. The number of fused-ring (bicyclic) bond motifs is 2. The van der Waals surface area contributed by atoms with E-state index in [1.807, 2.05) is 0 Å². The summed E-state index contributed by atoms with van der Waals surface area (Å²) in [5.74, 6) is -1.04. The third kappa shape index (κ3) is 3.06. The zero-order chi connectivity index (χ0) is 15.0. The van der Waals surface area contributed by atoms with Crippen LogP contribution in [0.5, 0.6) is 11.5 Å². The van der Waals surface area contributed by atoms with Gasteiger partial charge in [-0.15, -0.1) is 11.6 Å². The molecule has 111 valence electrons. The summed E-state index contributed by atoms with van der Waals surface area (Å²) in [4.78, 5) is 11.8. The Morgan fingerprint density at radius 3 is 2.73 bits per heavy atom. The van der Waals surface area contributed by atoms with Crippen LogP contribution in [0.1, 0.15) is 23.0 Å². The van der Waals surface area contributed by atoms with Crippen LogP contribution in [0.2, 0.25) is 5.02 Å². The quantitative estimate of drug-likeness (QED) is 0.771. The molecular formula is C16H13ClNO3Y-. The summed E-state index contributed by atoms with van der Waals surface area (Å²) in [6.07, 6.45) is 0. The Balaban J connectivity index is 0.00000176. The molecule has 6 heteroatoms. The second-order valence-corrected chi connectivity index (χ2v) is 5.34. The molecule has 3 N–H and O–H groups in total. The molecule has 2 atom stereocenters. The maximum Gasteiger partial charge on any atom is 0.310 e. The number of halogens is 1. The van der Waals surface area contributed by atoms with Crippen molar-refractivity contribution in [1.29, 1.82) is 0 Å². The number of carboxylic acids is 1. The number of ether oxygens (including phenoxy) is 1. The molecule has 0 aromatic heterocycles. The van der Waals surface area contributed by atoms with E-state index in [4.69, 9.17) is 22.1 Å². The standard InChI is InChI=1S/C16H13ClNO3.Y/c17-9-5-6-14-11(7-9)15(16(19)20)12(8-18)10-3-1-2-4-13(10)21-14;/h2-7,12,15H,8,18H2,(H,19,20);/q-1;/t12-,15-;/m1./s1. The molecule has 1 radical (unpaired) electrons. The fraction of sp³-hybridized carbons (Fsp3) is 0.188.